The number of nitrogens with zero attached hydrogens (tertiary/aromatic N) is 1. The van der Waals surface area contributed by atoms with Crippen molar-refractivity contribution in [1.29, 1.82) is 0 Å². The van der Waals surface area contributed by atoms with Crippen molar-refractivity contribution in [2.75, 3.05) is 13.2 Å². The lowest BCUT2D eigenvalue weighted by molar-refractivity contribution is -0.142. The summed E-state index contributed by atoms with van der Waals surface area (Å²) in [7, 11) is 0. The maximum Gasteiger partial charge on any atom is 0.228 e. The van der Waals surface area contributed by atoms with E-state index in [1.807, 2.05) is 20.8 Å². The highest BCUT2D eigenvalue weighted by Gasteiger charge is 2.39. The summed E-state index contributed by atoms with van der Waals surface area (Å²) in [5.74, 6) is 0.283. The van der Waals surface area contributed by atoms with Crippen molar-refractivity contribution in [3.63, 3.8) is 0 Å². The first-order valence-electron chi connectivity index (χ1n) is 6.43. The molecule has 0 aliphatic carbocycles. The van der Waals surface area contributed by atoms with Crippen LogP contribution in [0, 0.1) is 5.41 Å². The molecule has 0 bridgehead atoms. The fourth-order valence-corrected chi connectivity index (χ4v) is 2.77. The quantitative estimate of drug-likeness (QED) is 0.684. The molecule has 0 N–H and O–H groups in total. The summed E-state index contributed by atoms with van der Waals surface area (Å²) in [4.78, 5) is 14.4. The van der Waals surface area contributed by atoms with Crippen LogP contribution in [0.1, 0.15) is 46.5 Å². The molecule has 0 spiro atoms. The molecule has 2 aliphatic rings. The summed E-state index contributed by atoms with van der Waals surface area (Å²) in [6, 6.07) is 0.342. The van der Waals surface area contributed by atoms with Crippen LogP contribution in [0.3, 0.4) is 0 Å². The third-order valence-corrected chi connectivity index (χ3v) is 3.60. The van der Waals surface area contributed by atoms with Crippen molar-refractivity contribution in [2.24, 2.45) is 5.41 Å². The third-order valence-electron chi connectivity index (χ3n) is 3.60. The topological polar surface area (TPSA) is 29.5 Å². The highest BCUT2D eigenvalue weighted by Crippen LogP contribution is 2.31. The second-order valence-corrected chi connectivity index (χ2v) is 6.01. The molecule has 0 radical (unpaired) electrons. The number of carbonyl (C=O) groups excluding carboxylic acids is 1. The molecule has 2 heterocycles. The average molecular weight is 225 g/mol. The zero-order chi connectivity index (χ0) is 11.8. The van der Waals surface area contributed by atoms with Crippen LogP contribution in [0.15, 0.2) is 0 Å². The van der Waals surface area contributed by atoms with Gasteiger partial charge in [-0.15, -0.1) is 0 Å². The molecule has 1 amide bonds. The fraction of sp³-hybridized carbons (Fsp3) is 0.923. The van der Waals surface area contributed by atoms with E-state index in [0.717, 1.165) is 38.8 Å². The Kier molecular flexibility index (Phi) is 3.24. The predicted molar refractivity (Wildman–Crippen MR) is 63.2 cm³/mol. The van der Waals surface area contributed by atoms with E-state index < -0.39 is 0 Å². The van der Waals surface area contributed by atoms with E-state index in [-0.39, 0.29) is 11.3 Å². The lowest BCUT2D eigenvalue weighted by Crippen LogP contribution is -2.47. The summed E-state index contributed by atoms with van der Waals surface area (Å²) >= 11 is 0. The van der Waals surface area contributed by atoms with E-state index in [9.17, 15) is 4.79 Å². The van der Waals surface area contributed by atoms with Crippen molar-refractivity contribution in [3.05, 3.63) is 0 Å². The Morgan fingerprint density at radius 2 is 2.00 bits per heavy atom. The molecule has 0 aromatic carbocycles. The van der Waals surface area contributed by atoms with Crippen LogP contribution in [0.2, 0.25) is 0 Å². The van der Waals surface area contributed by atoms with E-state index >= 15 is 0 Å². The van der Waals surface area contributed by atoms with Crippen LogP contribution in [0.4, 0.5) is 0 Å². The standard InChI is InChI=1S/C13H23NO2/c1-13(2,3)12(15)14-8-4-6-10(14)11-7-5-9-16-11/h10-11H,4-9H2,1-3H3. The highest BCUT2D eigenvalue weighted by molar-refractivity contribution is 5.82. The molecule has 2 fully saturated rings. The number of rotatable bonds is 1. The molecular formula is C13H23NO2. The van der Waals surface area contributed by atoms with Crippen molar-refractivity contribution in [1.82, 2.24) is 4.90 Å². The predicted octanol–water partition coefficient (Wildman–Crippen LogP) is 2.20. The van der Waals surface area contributed by atoms with Gasteiger partial charge in [-0.05, 0) is 25.7 Å². The van der Waals surface area contributed by atoms with Gasteiger partial charge < -0.3 is 9.64 Å². The van der Waals surface area contributed by atoms with Gasteiger partial charge in [0.05, 0.1) is 12.1 Å². The highest BCUT2D eigenvalue weighted by atomic mass is 16.5. The second-order valence-electron chi connectivity index (χ2n) is 6.01. The van der Waals surface area contributed by atoms with E-state index in [2.05, 4.69) is 4.90 Å². The van der Waals surface area contributed by atoms with Crippen molar-refractivity contribution in [3.8, 4) is 0 Å². The molecule has 3 nitrogen and oxygen atoms in total. The normalized spacial score (nSPS) is 31.1. The summed E-state index contributed by atoms with van der Waals surface area (Å²) in [5, 5.41) is 0. The smallest absolute Gasteiger partial charge is 0.228 e. The minimum atomic E-state index is -0.263. The van der Waals surface area contributed by atoms with E-state index in [1.54, 1.807) is 0 Å². The number of ether oxygens (including phenoxy) is 1. The zero-order valence-electron chi connectivity index (χ0n) is 10.7. The Balaban J connectivity index is 2.05. The number of carbonyl (C=O) groups is 1. The first kappa shape index (κ1) is 11.9. The largest absolute Gasteiger partial charge is 0.376 e. The molecule has 0 aromatic rings. The molecular weight excluding hydrogens is 202 g/mol. The Morgan fingerprint density at radius 1 is 1.25 bits per heavy atom. The van der Waals surface area contributed by atoms with Crippen molar-refractivity contribution >= 4 is 5.91 Å². The molecule has 2 atom stereocenters. The first-order valence-corrected chi connectivity index (χ1v) is 6.43. The average Bonchev–Trinajstić information content (AvgIpc) is 2.85. The number of hydrogen-bond donors (Lipinski definition) is 0. The van der Waals surface area contributed by atoms with E-state index in [1.165, 1.54) is 0 Å². The molecule has 0 saturated carbocycles. The molecule has 2 aliphatic heterocycles. The summed E-state index contributed by atoms with van der Waals surface area (Å²) in [6.45, 7) is 7.79. The van der Waals surface area contributed by atoms with Crippen LogP contribution in [0.25, 0.3) is 0 Å². The Morgan fingerprint density at radius 3 is 2.56 bits per heavy atom. The summed E-state index contributed by atoms with van der Waals surface area (Å²) < 4.78 is 5.74. The second kappa shape index (κ2) is 4.36. The van der Waals surface area contributed by atoms with Gasteiger partial charge in [0.15, 0.2) is 0 Å². The van der Waals surface area contributed by atoms with Gasteiger partial charge in [0, 0.05) is 18.6 Å². The van der Waals surface area contributed by atoms with Crippen LogP contribution >= 0.6 is 0 Å². The maximum absolute atomic E-state index is 12.3. The van der Waals surface area contributed by atoms with E-state index in [4.69, 9.17) is 4.74 Å². The number of hydrogen-bond acceptors (Lipinski definition) is 2. The first-order chi connectivity index (χ1) is 7.50. The van der Waals surface area contributed by atoms with Gasteiger partial charge in [0.2, 0.25) is 5.91 Å². The number of amides is 1. The van der Waals surface area contributed by atoms with E-state index in [0.29, 0.717) is 12.1 Å². The van der Waals surface area contributed by atoms with Crippen LogP contribution in [-0.4, -0.2) is 36.1 Å². The fourth-order valence-electron chi connectivity index (χ4n) is 2.77. The lowest BCUT2D eigenvalue weighted by atomic mass is 9.93. The third kappa shape index (κ3) is 2.24. The van der Waals surface area contributed by atoms with Gasteiger partial charge in [-0.25, -0.2) is 0 Å². The summed E-state index contributed by atoms with van der Waals surface area (Å²) in [5.41, 5.74) is -0.263. The summed E-state index contributed by atoms with van der Waals surface area (Å²) in [6.07, 6.45) is 4.82. The molecule has 2 rings (SSSR count). The van der Waals surface area contributed by atoms with Crippen LogP contribution in [-0.2, 0) is 9.53 Å². The zero-order valence-corrected chi connectivity index (χ0v) is 10.7. The molecule has 2 unspecified atom stereocenters. The molecule has 16 heavy (non-hydrogen) atoms. The number of likely N-dealkylation sites (tertiary alicyclic amines) is 1. The van der Waals surface area contributed by atoms with Gasteiger partial charge >= 0.3 is 0 Å². The van der Waals surface area contributed by atoms with Gasteiger partial charge in [0.25, 0.3) is 0 Å². The van der Waals surface area contributed by atoms with Crippen LogP contribution in [0.5, 0.6) is 0 Å². The SMILES string of the molecule is CC(C)(C)C(=O)N1CCCC1C1CCCO1. The Bertz CT molecular complexity index is 264. The molecule has 3 heteroatoms. The van der Waals surface area contributed by atoms with Gasteiger partial charge in [0.1, 0.15) is 0 Å². The molecule has 2 saturated heterocycles. The van der Waals surface area contributed by atoms with Crippen LogP contribution < -0.4 is 0 Å². The minimum Gasteiger partial charge on any atom is -0.376 e. The Labute approximate surface area is 98.1 Å². The minimum absolute atomic E-state index is 0.263. The molecule has 0 aromatic heterocycles. The molecule has 92 valence electrons. The van der Waals surface area contributed by atoms with Crippen molar-refractivity contribution < 1.29 is 9.53 Å². The van der Waals surface area contributed by atoms with Crippen molar-refractivity contribution in [2.45, 2.75) is 58.6 Å². The lowest BCUT2D eigenvalue weighted by Gasteiger charge is -2.33. The maximum atomic E-state index is 12.3. The van der Waals surface area contributed by atoms with Gasteiger partial charge in [-0.2, -0.15) is 0 Å². The Hall–Kier alpha value is -0.570. The van der Waals surface area contributed by atoms with Gasteiger partial charge in [-0.3, -0.25) is 4.79 Å². The van der Waals surface area contributed by atoms with Gasteiger partial charge in [-0.1, -0.05) is 20.8 Å². The monoisotopic (exact) mass is 225 g/mol.